The number of unbranched alkanes of at least 4 members (excludes halogenated alkanes) is 2. The number of H-pyrrole nitrogens is 1. The number of nitrogens with one attached hydrogen (secondary N) is 13. The predicted molar refractivity (Wildman–Crippen MR) is 485 cm³/mol. The van der Waals surface area contributed by atoms with Crippen LogP contribution >= 0.6 is 23.1 Å². The molecule has 17 amide bonds. The van der Waals surface area contributed by atoms with E-state index in [9.17, 15) is 78.3 Å². The number of nitrogens with zero attached hydrogens (tertiary/aromatic N) is 5. The van der Waals surface area contributed by atoms with E-state index in [0.717, 1.165) is 41.0 Å². The fraction of sp³-hybridized carbons (Fsp3) is 0.540. The lowest BCUT2D eigenvalue weighted by atomic mass is 10.00. The second-order valence-corrected chi connectivity index (χ2v) is 34.9. The van der Waals surface area contributed by atoms with Gasteiger partial charge in [0.15, 0.2) is 5.96 Å². The van der Waals surface area contributed by atoms with Gasteiger partial charge in [-0.3, -0.25) is 86.9 Å². The van der Waals surface area contributed by atoms with Crippen LogP contribution in [0.2, 0.25) is 0 Å². The molecule has 0 aliphatic carbocycles. The highest BCUT2D eigenvalue weighted by Crippen LogP contribution is 2.30. The van der Waals surface area contributed by atoms with E-state index in [2.05, 4.69) is 63.5 Å². The minimum atomic E-state index is -1.91. The van der Waals surface area contributed by atoms with Gasteiger partial charge in [0.25, 0.3) is 0 Å². The molecule has 5 aromatic rings. The molecule has 3 aliphatic rings. The van der Waals surface area contributed by atoms with E-state index in [1.165, 1.54) is 63.7 Å². The molecule has 3 saturated heterocycles. The molecule has 43 nitrogen and oxygen atoms in total. The van der Waals surface area contributed by atoms with Gasteiger partial charge < -0.3 is 131 Å². The van der Waals surface area contributed by atoms with Gasteiger partial charge in [-0.1, -0.05) is 88.1 Å². The molecule has 8 rings (SSSR count). The molecular weight excluding hydrogens is 1760 g/mol. The van der Waals surface area contributed by atoms with Crippen molar-refractivity contribution in [2.75, 3.05) is 78.6 Å². The van der Waals surface area contributed by atoms with Crippen LogP contribution in [0.1, 0.15) is 127 Å². The molecule has 0 unspecified atom stereocenters. The number of amides is 17. The van der Waals surface area contributed by atoms with Crippen molar-refractivity contribution in [2.45, 2.75) is 221 Å². The third-order valence-electron chi connectivity index (χ3n) is 23.4. The predicted octanol–water partition coefficient (Wildman–Crippen LogP) is -4.44. The van der Waals surface area contributed by atoms with Crippen molar-refractivity contribution in [3.05, 3.63) is 101 Å². The minimum Gasteiger partial charge on any atom is -0.508 e. The summed E-state index contributed by atoms with van der Waals surface area (Å²) >= 11 is 2.08. The van der Waals surface area contributed by atoms with E-state index in [1.54, 1.807) is 54.0 Å². The van der Waals surface area contributed by atoms with Gasteiger partial charge in [-0.15, -0.1) is 23.1 Å². The van der Waals surface area contributed by atoms with Crippen molar-refractivity contribution in [3.63, 3.8) is 0 Å². The molecule has 0 bridgehead atoms. The van der Waals surface area contributed by atoms with E-state index in [1.807, 2.05) is 19.9 Å². The number of rotatable bonds is 26. The number of carbonyl (C=O) groups is 17. The molecule has 5 heterocycles. The topological polar surface area (TPSA) is 658 Å². The van der Waals surface area contributed by atoms with Crippen LogP contribution in [0.25, 0.3) is 21.0 Å². The Morgan fingerprint density at radius 3 is 1.75 bits per heavy atom. The number of aromatic hydroxyl groups is 1. The molecule has 45 heteroatoms. The average Bonchev–Trinajstić information content (AvgIpc) is 1.27. The monoisotopic (exact) mass is 1880 g/mol. The molecule has 2 aromatic heterocycles. The molecule has 3 aromatic carbocycles. The average molecular weight is 1880 g/mol. The van der Waals surface area contributed by atoms with Gasteiger partial charge in [-0.25, -0.2) is 0 Å². The summed E-state index contributed by atoms with van der Waals surface area (Å²) in [6.07, 6.45) is -1.66. The van der Waals surface area contributed by atoms with Gasteiger partial charge in [-0.2, -0.15) is 0 Å². The highest BCUT2D eigenvalue weighted by Gasteiger charge is 2.47. The summed E-state index contributed by atoms with van der Waals surface area (Å²) in [7, 11) is 3.86. The number of aliphatic hydroxyl groups excluding tert-OH is 4. The number of aromatic nitrogens is 1. The van der Waals surface area contributed by atoms with Gasteiger partial charge in [0.05, 0.1) is 31.4 Å². The van der Waals surface area contributed by atoms with Crippen molar-refractivity contribution in [1.82, 2.24) is 88.0 Å². The van der Waals surface area contributed by atoms with E-state index in [4.69, 9.17) is 22.6 Å². The molecule has 132 heavy (non-hydrogen) atoms. The van der Waals surface area contributed by atoms with Crippen LogP contribution in [0.15, 0.2) is 84.4 Å². The van der Waals surface area contributed by atoms with Crippen molar-refractivity contribution in [1.29, 1.82) is 5.41 Å². The maximum absolute atomic E-state index is 15.7. The zero-order valence-corrected chi connectivity index (χ0v) is 76.2. The number of likely N-dealkylation sites (N-methyl/N-ethyl adjacent to an activating group) is 3. The second kappa shape index (κ2) is 50.7. The summed E-state index contributed by atoms with van der Waals surface area (Å²) in [6.45, 7) is 0.777. The highest BCUT2D eigenvalue weighted by atomic mass is 32.2. The number of guanidine groups is 1. The van der Waals surface area contributed by atoms with Crippen LogP contribution in [0.5, 0.6) is 5.75 Å². The summed E-state index contributed by atoms with van der Waals surface area (Å²) in [5.74, 6) is -18.5. The fourth-order valence-corrected chi connectivity index (χ4v) is 17.8. The maximum atomic E-state index is 15.7. The van der Waals surface area contributed by atoms with E-state index in [-0.39, 0.29) is 76.6 Å². The Balaban J connectivity index is 1.19. The number of phenols is 1. The molecule has 15 atom stereocenters. The van der Waals surface area contributed by atoms with Gasteiger partial charge in [0.2, 0.25) is 100 Å². The fourth-order valence-electron chi connectivity index (χ4n) is 15.9. The Morgan fingerprint density at radius 1 is 0.530 bits per heavy atom. The Hall–Kier alpha value is -12.6. The minimum absolute atomic E-state index is 0.0160. The highest BCUT2D eigenvalue weighted by molar-refractivity contribution is 8.00. The van der Waals surface area contributed by atoms with Crippen molar-refractivity contribution >= 4 is 150 Å². The SMILES string of the molecule is CCCC[C@H]1C(=O)N(C)[C@@H](CCCC)C(=O)N[C@@H](CCCNC(=N)N)C(=O)N[C@H](C(=O)NCC(N)=O)CSCC(=O)N[C@@H](Cc2ccc(O)cc2)C(=O)N(C)[C@@H](C)C(=O)N[C@H](CC(N)=O)C(=O)N2CCC[C@H]2C(=O)N[C@@H](CCO)C(=O)N[C@@H](CCO)C(=O)N2C[C@H](O)C[C@H]2C(=O)N[C@@H](Cc2c[nH]c3ccccc23)C(=O)N[C@@H](CO)C(=O)N[C@@H](Cc2csc3ccccc23)C(=O)N1C. The summed E-state index contributed by atoms with van der Waals surface area (Å²) in [5.41, 5.74) is 18.7. The Bertz CT molecular complexity index is 4940. The van der Waals surface area contributed by atoms with Gasteiger partial charge in [-0.05, 0) is 110 Å². The lowest BCUT2D eigenvalue weighted by Gasteiger charge is -2.36. The van der Waals surface area contributed by atoms with Crippen LogP contribution in [0.4, 0.5) is 0 Å². The third kappa shape index (κ3) is 29.2. The number of thiophene rings is 1. The van der Waals surface area contributed by atoms with Crippen molar-refractivity contribution < 1.29 is 107 Å². The molecule has 0 radical (unpaired) electrons. The number of carbonyl (C=O) groups excluding carboxylic acids is 17. The van der Waals surface area contributed by atoms with Crippen LogP contribution in [0, 0.1) is 5.41 Å². The summed E-state index contributed by atoms with van der Waals surface area (Å²) in [4.78, 5) is 256. The first kappa shape index (κ1) is 105. The van der Waals surface area contributed by atoms with E-state index in [0.29, 0.717) is 58.7 Å². The number of para-hydroxylation sites is 1. The molecule has 3 fully saturated rings. The smallest absolute Gasteiger partial charge is 0.246 e. The molecule has 24 N–H and O–H groups in total. The lowest BCUT2D eigenvalue weighted by molar-refractivity contribution is -0.149. The first-order valence-corrected chi connectivity index (χ1v) is 45.9. The number of aromatic amines is 1. The van der Waals surface area contributed by atoms with Gasteiger partial charge in [0, 0.05) is 107 Å². The summed E-state index contributed by atoms with van der Waals surface area (Å²) in [6, 6.07) is -2.91. The van der Waals surface area contributed by atoms with Gasteiger partial charge in [0.1, 0.15) is 90.3 Å². The van der Waals surface area contributed by atoms with Crippen molar-refractivity contribution in [2.24, 2.45) is 17.2 Å². The zero-order valence-electron chi connectivity index (χ0n) is 74.6. The van der Waals surface area contributed by atoms with Crippen LogP contribution in [-0.4, -0.2) is 331 Å². The van der Waals surface area contributed by atoms with Crippen LogP contribution in [0.3, 0.4) is 0 Å². The molecule has 0 spiro atoms. The van der Waals surface area contributed by atoms with Crippen molar-refractivity contribution in [3.8, 4) is 5.75 Å². The quantitative estimate of drug-likeness (QED) is 0.0141. The number of hydrogen-bond donors (Lipinski definition) is 21. The lowest BCUT2D eigenvalue weighted by Crippen LogP contribution is -2.61. The second-order valence-electron chi connectivity index (χ2n) is 33.0. The molecule has 720 valence electrons. The molecule has 0 saturated carbocycles. The molecular formula is C87H123N21O22S2. The zero-order chi connectivity index (χ0) is 96.7. The van der Waals surface area contributed by atoms with Crippen LogP contribution in [-0.2, 0) is 101 Å². The summed E-state index contributed by atoms with van der Waals surface area (Å²) < 4.78 is 0.799. The Labute approximate surface area is 770 Å². The third-order valence-corrected chi connectivity index (χ3v) is 25.4. The number of nitrogens with two attached hydrogens (primary N) is 3. The summed E-state index contributed by atoms with van der Waals surface area (Å²) in [5, 5.41) is 92.6. The molecule has 3 aliphatic heterocycles. The standard InChI is InChI=1S/C87H123N21O22S2/c1-7-9-21-65-79(123)96-56(20-15-31-92-87(90)91)75(119)103-64(74(118)94-41-71(89)115)45-131-46-72(116)95-60(35-48-25-27-51(112)28-26-48)82(126)104(4)47(3)73(117)100-62(39-70(88)114)85(129)107-32-16-23-66(107)80(124)97-57(29-33-109)76(120)98-58(30-34-110)84(128)108-42-52(113)38-68(108)81(125)99-59(36-49-40-93-55-19-13-11-17-53(49)55)77(121)102-63(43-111)78(122)101-61(37-50-44-132-69-24-14-12-18-54(50)69)83(127)106(6)67(22-10-8-2)86(130)105(65)5/h11-14,17-19,24-28,40,44,47,52,56-68,93,109-113H,7-10,15-16,20-23,29-39,41-43,45-46H2,1-6H3,(H2,88,114)(H2,89,115)(H,94,118)(H,95,116)(H,96,123)(H,97,124)(H,98,120)(H,99,125)(H,100,117)(H,101,122)(H,102,121)(H,103,119)(H4,90,91,92)/t47-,52+,56-,57-,58-,59-,60-,61-,62+,63-,64-,65-,66-,67-,68-/m0/s1. The van der Waals surface area contributed by atoms with Crippen LogP contribution < -0.4 is 75.7 Å². The normalized spacial score (nSPS) is 25.0. The number of primary amides is 2. The first-order valence-electron chi connectivity index (χ1n) is 43.8. The maximum Gasteiger partial charge on any atom is 0.246 e. The van der Waals surface area contributed by atoms with Gasteiger partial charge >= 0.3 is 0 Å². The van der Waals surface area contributed by atoms with E-state index >= 15 is 28.8 Å². The number of thioether (sulfide) groups is 1. The first-order chi connectivity index (χ1) is 62.9. The Morgan fingerprint density at radius 2 is 1.08 bits per heavy atom. The number of benzene rings is 3. The number of hydrogen-bond acceptors (Lipinski definition) is 25. The number of aliphatic hydroxyl groups is 4. The Kier molecular flexibility index (Phi) is 40.3. The number of fused-ring (bicyclic) bond motifs is 4. The van der Waals surface area contributed by atoms with E-state index < -0.39 is 267 Å². The largest absolute Gasteiger partial charge is 0.508 e. The number of phenolic OH excluding ortho intramolecular Hbond substituents is 1.